The summed E-state index contributed by atoms with van der Waals surface area (Å²) in [7, 11) is 1.48. The van der Waals surface area contributed by atoms with E-state index >= 15 is 0 Å². The Balaban J connectivity index is 1.96. The molecule has 0 unspecified atom stereocenters. The average molecular weight is 371 g/mol. The largest absolute Gasteiger partial charge is 0.493 e. The van der Waals surface area contributed by atoms with Gasteiger partial charge in [0.25, 0.3) is 5.91 Å². The van der Waals surface area contributed by atoms with Gasteiger partial charge in [-0.25, -0.2) is 0 Å². The zero-order chi connectivity index (χ0) is 18.3. The number of rotatable bonds is 7. The molecular formula is C17H16F3NO3S. The molecule has 0 saturated carbocycles. The van der Waals surface area contributed by atoms with E-state index in [4.69, 9.17) is 9.47 Å². The molecule has 0 aliphatic rings. The predicted molar refractivity (Wildman–Crippen MR) is 90.3 cm³/mol. The van der Waals surface area contributed by atoms with Crippen LogP contribution in [0.25, 0.3) is 0 Å². The Bertz CT molecular complexity index is 722. The molecule has 2 aromatic rings. The minimum absolute atomic E-state index is 0.293. The van der Waals surface area contributed by atoms with Gasteiger partial charge in [-0.05, 0) is 24.3 Å². The molecule has 1 amide bonds. The van der Waals surface area contributed by atoms with Crippen LogP contribution < -0.4 is 14.8 Å². The number of nitrogens with one attached hydrogen (secondary N) is 1. The fourth-order valence-electron chi connectivity index (χ4n) is 1.92. The number of para-hydroxylation sites is 3. The highest BCUT2D eigenvalue weighted by molar-refractivity contribution is 7.99. The van der Waals surface area contributed by atoms with Crippen molar-refractivity contribution in [2.45, 2.75) is 11.1 Å². The number of halogens is 3. The van der Waals surface area contributed by atoms with E-state index in [1.807, 2.05) is 0 Å². The van der Waals surface area contributed by atoms with E-state index in [9.17, 15) is 18.0 Å². The summed E-state index contributed by atoms with van der Waals surface area (Å²) < 4.78 is 47.6. The summed E-state index contributed by atoms with van der Waals surface area (Å²) in [6, 6.07) is 13.1. The number of anilines is 1. The molecule has 25 heavy (non-hydrogen) atoms. The predicted octanol–water partition coefficient (Wildman–Crippen LogP) is 4.37. The third-order valence-electron chi connectivity index (χ3n) is 2.98. The Hall–Kier alpha value is -2.35. The molecule has 0 saturated heterocycles. The molecule has 0 spiro atoms. The van der Waals surface area contributed by atoms with Gasteiger partial charge >= 0.3 is 6.18 Å². The number of carbonyl (C=O) groups excluding carboxylic acids is 1. The normalized spacial score (nSPS) is 11.0. The Morgan fingerprint density at radius 3 is 2.40 bits per heavy atom. The second kappa shape index (κ2) is 8.66. The van der Waals surface area contributed by atoms with Crippen molar-refractivity contribution in [2.75, 3.05) is 24.8 Å². The number of hydrogen-bond acceptors (Lipinski definition) is 4. The highest BCUT2D eigenvalue weighted by Gasteiger charge is 2.27. The molecule has 8 heteroatoms. The van der Waals surface area contributed by atoms with Crippen molar-refractivity contribution in [1.29, 1.82) is 0 Å². The quantitative estimate of drug-likeness (QED) is 0.735. The smallest absolute Gasteiger partial charge is 0.398 e. The Morgan fingerprint density at radius 1 is 1.08 bits per heavy atom. The summed E-state index contributed by atoms with van der Waals surface area (Å²) in [5, 5.41) is 2.56. The number of ether oxygens (including phenoxy) is 2. The van der Waals surface area contributed by atoms with Crippen molar-refractivity contribution in [3.63, 3.8) is 0 Å². The van der Waals surface area contributed by atoms with E-state index in [2.05, 4.69) is 5.32 Å². The van der Waals surface area contributed by atoms with Crippen molar-refractivity contribution in [3.05, 3.63) is 48.5 Å². The molecule has 0 fully saturated rings. The van der Waals surface area contributed by atoms with E-state index < -0.39 is 17.8 Å². The third kappa shape index (κ3) is 6.22. The van der Waals surface area contributed by atoms with Crippen LogP contribution in [0.3, 0.4) is 0 Å². The summed E-state index contributed by atoms with van der Waals surface area (Å²) in [5.41, 5.74) is 0.311. The van der Waals surface area contributed by atoms with Crippen LogP contribution in [-0.2, 0) is 4.79 Å². The van der Waals surface area contributed by atoms with Crippen molar-refractivity contribution in [2.24, 2.45) is 0 Å². The minimum Gasteiger partial charge on any atom is -0.493 e. The lowest BCUT2D eigenvalue weighted by molar-refractivity contribution is -0.118. The van der Waals surface area contributed by atoms with Crippen LogP contribution in [0.4, 0.5) is 18.9 Å². The van der Waals surface area contributed by atoms with Crippen LogP contribution in [0.2, 0.25) is 0 Å². The lowest BCUT2D eigenvalue weighted by atomic mass is 10.3. The maximum absolute atomic E-state index is 12.4. The summed E-state index contributed by atoms with van der Waals surface area (Å²) in [5.74, 6) is -0.625. The summed E-state index contributed by atoms with van der Waals surface area (Å²) >= 11 is 0.616. The average Bonchev–Trinajstić information content (AvgIpc) is 2.58. The first-order valence-electron chi connectivity index (χ1n) is 7.23. The van der Waals surface area contributed by atoms with E-state index in [0.717, 1.165) is 0 Å². The second-order valence-corrected chi connectivity index (χ2v) is 5.90. The minimum atomic E-state index is -4.28. The van der Waals surface area contributed by atoms with Crippen molar-refractivity contribution in [1.82, 2.24) is 0 Å². The van der Waals surface area contributed by atoms with Gasteiger partial charge in [0.05, 0.1) is 18.6 Å². The molecule has 0 heterocycles. The maximum atomic E-state index is 12.4. The third-order valence-corrected chi connectivity index (χ3v) is 4.12. The first-order chi connectivity index (χ1) is 11.9. The first kappa shape index (κ1) is 19.0. The van der Waals surface area contributed by atoms with Crippen molar-refractivity contribution < 1.29 is 27.4 Å². The van der Waals surface area contributed by atoms with Gasteiger partial charge in [0.2, 0.25) is 0 Å². The molecular weight excluding hydrogens is 355 g/mol. The molecule has 134 valence electrons. The molecule has 0 bridgehead atoms. The van der Waals surface area contributed by atoms with Crippen LogP contribution in [-0.4, -0.2) is 31.6 Å². The standard InChI is InChI=1S/C17H16F3NO3S/c1-23-13-7-3-4-8-14(13)24-10-16(22)21-12-6-2-5-9-15(12)25-11-17(18,19)20/h2-9H,10-11H2,1H3,(H,21,22). The molecule has 0 radical (unpaired) electrons. The van der Waals surface area contributed by atoms with Crippen molar-refractivity contribution >= 4 is 23.4 Å². The molecule has 1 N–H and O–H groups in total. The Morgan fingerprint density at radius 2 is 1.72 bits per heavy atom. The summed E-state index contributed by atoms with van der Waals surface area (Å²) in [6.07, 6.45) is -4.28. The zero-order valence-corrected chi connectivity index (χ0v) is 14.1. The monoisotopic (exact) mass is 371 g/mol. The summed E-state index contributed by atoms with van der Waals surface area (Å²) in [6.45, 7) is -0.293. The van der Waals surface area contributed by atoms with Gasteiger partial charge in [0, 0.05) is 4.90 Å². The van der Waals surface area contributed by atoms with Crippen LogP contribution in [0.1, 0.15) is 0 Å². The zero-order valence-electron chi connectivity index (χ0n) is 13.3. The highest BCUT2D eigenvalue weighted by atomic mass is 32.2. The molecule has 0 aliphatic heterocycles. The Kier molecular flexibility index (Phi) is 6.58. The number of methoxy groups -OCH3 is 1. The molecule has 0 atom stereocenters. The molecule has 2 aromatic carbocycles. The van der Waals surface area contributed by atoms with Gasteiger partial charge in [-0.15, -0.1) is 11.8 Å². The highest BCUT2D eigenvalue weighted by Crippen LogP contribution is 2.32. The molecule has 2 rings (SSSR count). The van der Waals surface area contributed by atoms with Gasteiger partial charge in [-0.2, -0.15) is 13.2 Å². The fourth-order valence-corrected chi connectivity index (χ4v) is 2.69. The van der Waals surface area contributed by atoms with Crippen LogP contribution >= 0.6 is 11.8 Å². The Labute approximate surface area is 147 Å². The number of amides is 1. The number of hydrogen-bond donors (Lipinski definition) is 1. The number of thioether (sulfide) groups is 1. The van der Waals surface area contributed by atoms with Gasteiger partial charge in [-0.1, -0.05) is 24.3 Å². The van der Waals surface area contributed by atoms with Gasteiger partial charge < -0.3 is 14.8 Å². The van der Waals surface area contributed by atoms with Crippen LogP contribution in [0.15, 0.2) is 53.4 Å². The topological polar surface area (TPSA) is 47.6 Å². The number of alkyl halides is 3. The fraction of sp³-hybridized carbons (Fsp3) is 0.235. The lowest BCUT2D eigenvalue weighted by Gasteiger charge is -2.13. The lowest BCUT2D eigenvalue weighted by Crippen LogP contribution is -2.21. The van der Waals surface area contributed by atoms with Crippen LogP contribution in [0, 0.1) is 0 Å². The van der Waals surface area contributed by atoms with E-state index in [0.29, 0.717) is 33.8 Å². The van der Waals surface area contributed by atoms with Gasteiger partial charge in [-0.3, -0.25) is 4.79 Å². The summed E-state index contributed by atoms with van der Waals surface area (Å²) in [4.78, 5) is 12.4. The number of benzene rings is 2. The molecule has 0 aromatic heterocycles. The van der Waals surface area contributed by atoms with Gasteiger partial charge in [0.15, 0.2) is 18.1 Å². The van der Waals surface area contributed by atoms with E-state index in [-0.39, 0.29) is 6.61 Å². The SMILES string of the molecule is COc1ccccc1OCC(=O)Nc1ccccc1SCC(F)(F)F. The van der Waals surface area contributed by atoms with Crippen LogP contribution in [0.5, 0.6) is 11.5 Å². The second-order valence-electron chi connectivity index (χ2n) is 4.89. The van der Waals surface area contributed by atoms with E-state index in [1.54, 1.807) is 42.5 Å². The maximum Gasteiger partial charge on any atom is 0.398 e. The number of carbonyl (C=O) groups is 1. The van der Waals surface area contributed by atoms with Gasteiger partial charge in [0.1, 0.15) is 0 Å². The van der Waals surface area contributed by atoms with E-state index in [1.165, 1.54) is 13.2 Å². The molecule has 4 nitrogen and oxygen atoms in total. The first-order valence-corrected chi connectivity index (χ1v) is 8.22. The molecule has 0 aliphatic carbocycles. The van der Waals surface area contributed by atoms with Crippen molar-refractivity contribution in [3.8, 4) is 11.5 Å².